The summed E-state index contributed by atoms with van der Waals surface area (Å²) < 4.78 is 26.7. The summed E-state index contributed by atoms with van der Waals surface area (Å²) in [6, 6.07) is 14.2. The Labute approximate surface area is 142 Å². The minimum Gasteiger partial charge on any atom is -0.324 e. The van der Waals surface area contributed by atoms with E-state index in [-0.39, 0.29) is 18.0 Å². The lowest BCUT2D eigenvalue weighted by Crippen LogP contribution is -2.34. The summed E-state index contributed by atoms with van der Waals surface area (Å²) in [5.41, 5.74) is 8.29. The largest absolute Gasteiger partial charge is 0.324 e. The van der Waals surface area contributed by atoms with Crippen molar-refractivity contribution in [2.75, 3.05) is 6.54 Å². The number of benzene rings is 2. The van der Waals surface area contributed by atoms with Gasteiger partial charge in [0.2, 0.25) is 0 Å². The Morgan fingerprint density at radius 1 is 1.04 bits per heavy atom. The van der Waals surface area contributed by atoms with E-state index in [2.05, 4.69) is 24.4 Å². The van der Waals surface area contributed by atoms with Crippen LogP contribution >= 0.6 is 0 Å². The van der Waals surface area contributed by atoms with Gasteiger partial charge in [0, 0.05) is 18.6 Å². The lowest BCUT2D eigenvalue weighted by atomic mass is 9.89. The second kappa shape index (κ2) is 7.41. The molecule has 1 aliphatic carbocycles. The second-order valence-electron chi connectivity index (χ2n) is 6.74. The van der Waals surface area contributed by atoms with Crippen molar-refractivity contribution in [1.29, 1.82) is 0 Å². The Morgan fingerprint density at radius 3 is 2.38 bits per heavy atom. The van der Waals surface area contributed by atoms with Crippen molar-refractivity contribution in [1.82, 2.24) is 5.32 Å². The van der Waals surface area contributed by atoms with Crippen LogP contribution in [-0.4, -0.2) is 6.54 Å². The van der Waals surface area contributed by atoms with Crippen LogP contribution in [0.3, 0.4) is 0 Å². The normalized spacial score (nSPS) is 18.2. The van der Waals surface area contributed by atoms with Gasteiger partial charge in [0.25, 0.3) is 0 Å². The summed E-state index contributed by atoms with van der Waals surface area (Å²) in [7, 11) is 0. The fraction of sp³-hybridized carbons (Fsp3) is 0.400. The molecular weight excluding hydrogens is 306 g/mol. The molecule has 0 bridgehead atoms. The van der Waals surface area contributed by atoms with Gasteiger partial charge in [0.1, 0.15) is 0 Å². The van der Waals surface area contributed by atoms with Crippen LogP contribution in [0.1, 0.15) is 43.0 Å². The van der Waals surface area contributed by atoms with Crippen LogP contribution in [0.15, 0.2) is 48.5 Å². The van der Waals surface area contributed by atoms with E-state index >= 15 is 0 Å². The van der Waals surface area contributed by atoms with E-state index in [1.165, 1.54) is 11.6 Å². The highest BCUT2D eigenvalue weighted by molar-refractivity contribution is 5.23. The van der Waals surface area contributed by atoms with Gasteiger partial charge in [-0.15, -0.1) is 0 Å². The minimum absolute atomic E-state index is 0.223. The maximum absolute atomic E-state index is 13.5. The molecule has 2 aromatic rings. The minimum atomic E-state index is -0.830. The number of halogens is 2. The molecule has 0 saturated heterocycles. The van der Waals surface area contributed by atoms with E-state index in [1.54, 1.807) is 6.07 Å². The van der Waals surface area contributed by atoms with Crippen molar-refractivity contribution in [2.24, 2.45) is 17.6 Å². The van der Waals surface area contributed by atoms with Gasteiger partial charge in [-0.25, -0.2) is 8.78 Å². The first kappa shape index (κ1) is 17.1. The Balaban J connectivity index is 1.67. The predicted octanol–water partition coefficient (Wildman–Crippen LogP) is 4.34. The number of hydrogen-bond acceptors (Lipinski definition) is 2. The zero-order valence-electron chi connectivity index (χ0n) is 13.9. The van der Waals surface area contributed by atoms with Gasteiger partial charge >= 0.3 is 0 Å². The number of hydrogen-bond donors (Lipinski definition) is 2. The molecule has 0 spiro atoms. The van der Waals surface area contributed by atoms with Gasteiger partial charge in [-0.1, -0.05) is 36.4 Å². The summed E-state index contributed by atoms with van der Waals surface area (Å²) >= 11 is 0. The van der Waals surface area contributed by atoms with E-state index in [9.17, 15) is 8.78 Å². The zero-order chi connectivity index (χ0) is 17.1. The Kier molecular flexibility index (Phi) is 5.27. The highest BCUT2D eigenvalue weighted by Crippen LogP contribution is 2.42. The van der Waals surface area contributed by atoms with E-state index in [0.717, 1.165) is 25.5 Å². The highest BCUT2D eigenvalue weighted by Gasteiger charge is 2.35. The molecule has 4 heteroatoms. The van der Waals surface area contributed by atoms with E-state index in [0.29, 0.717) is 11.5 Å². The molecule has 2 nitrogen and oxygen atoms in total. The van der Waals surface area contributed by atoms with Crippen molar-refractivity contribution < 1.29 is 8.78 Å². The van der Waals surface area contributed by atoms with E-state index in [1.807, 2.05) is 18.2 Å². The van der Waals surface area contributed by atoms with Gasteiger partial charge in [-0.05, 0) is 54.9 Å². The first-order valence-electron chi connectivity index (χ1n) is 8.55. The maximum Gasteiger partial charge on any atom is 0.159 e. The molecule has 24 heavy (non-hydrogen) atoms. The van der Waals surface area contributed by atoms with Crippen LogP contribution in [0.5, 0.6) is 0 Å². The van der Waals surface area contributed by atoms with E-state index in [4.69, 9.17) is 5.73 Å². The average molecular weight is 330 g/mol. The van der Waals surface area contributed by atoms with Gasteiger partial charge < -0.3 is 11.1 Å². The third-order valence-electron chi connectivity index (χ3n) is 4.98. The Morgan fingerprint density at radius 2 is 1.75 bits per heavy atom. The summed E-state index contributed by atoms with van der Waals surface area (Å²) in [6.07, 6.45) is 2.31. The molecule has 3 rings (SSSR count). The number of nitrogens with one attached hydrogen (secondary N) is 1. The Hall–Kier alpha value is -1.78. The van der Waals surface area contributed by atoms with Crippen molar-refractivity contribution in [3.63, 3.8) is 0 Å². The molecule has 1 saturated carbocycles. The molecule has 0 amide bonds. The molecule has 128 valence electrons. The molecule has 0 heterocycles. The smallest absolute Gasteiger partial charge is 0.159 e. The van der Waals surface area contributed by atoms with Crippen LogP contribution in [0.2, 0.25) is 0 Å². The fourth-order valence-corrected chi connectivity index (χ4v) is 3.25. The molecule has 0 radical (unpaired) electrons. The lowest BCUT2D eigenvalue weighted by molar-refractivity contribution is 0.343. The highest BCUT2D eigenvalue weighted by atomic mass is 19.2. The monoisotopic (exact) mass is 330 g/mol. The SMILES string of the molecule is C[C@@H](NCC(C1CC1)C(N)c1ccc(F)c(F)c1)c1ccccc1. The first-order chi connectivity index (χ1) is 11.6. The van der Waals surface area contributed by atoms with E-state index < -0.39 is 11.6 Å². The quantitative estimate of drug-likeness (QED) is 0.792. The third-order valence-corrected chi connectivity index (χ3v) is 4.98. The molecule has 1 aliphatic rings. The molecule has 3 atom stereocenters. The van der Waals surface area contributed by atoms with Gasteiger partial charge in [0.05, 0.1) is 0 Å². The van der Waals surface area contributed by atoms with Crippen LogP contribution in [0.25, 0.3) is 0 Å². The van der Waals surface area contributed by atoms with Gasteiger partial charge in [-0.2, -0.15) is 0 Å². The van der Waals surface area contributed by atoms with Gasteiger partial charge in [-0.3, -0.25) is 0 Å². The lowest BCUT2D eigenvalue weighted by Gasteiger charge is -2.26. The molecule has 1 fully saturated rings. The summed E-state index contributed by atoms with van der Waals surface area (Å²) in [4.78, 5) is 0. The predicted molar refractivity (Wildman–Crippen MR) is 92.4 cm³/mol. The maximum atomic E-state index is 13.5. The number of rotatable bonds is 7. The van der Waals surface area contributed by atoms with Crippen LogP contribution in [0, 0.1) is 23.5 Å². The molecule has 3 N–H and O–H groups in total. The van der Waals surface area contributed by atoms with Crippen molar-refractivity contribution >= 4 is 0 Å². The van der Waals surface area contributed by atoms with Crippen molar-refractivity contribution in [2.45, 2.75) is 31.8 Å². The second-order valence-corrected chi connectivity index (χ2v) is 6.74. The first-order valence-corrected chi connectivity index (χ1v) is 8.55. The average Bonchev–Trinajstić information content (AvgIpc) is 3.43. The van der Waals surface area contributed by atoms with Crippen molar-refractivity contribution in [3.05, 3.63) is 71.3 Å². The van der Waals surface area contributed by atoms with Crippen LogP contribution in [0.4, 0.5) is 8.78 Å². The summed E-state index contributed by atoms with van der Waals surface area (Å²) in [6.45, 7) is 2.89. The van der Waals surface area contributed by atoms with Crippen LogP contribution < -0.4 is 11.1 Å². The fourth-order valence-electron chi connectivity index (χ4n) is 3.25. The van der Waals surface area contributed by atoms with Crippen LogP contribution in [-0.2, 0) is 0 Å². The topological polar surface area (TPSA) is 38.0 Å². The molecule has 0 aromatic heterocycles. The third kappa shape index (κ3) is 4.00. The number of nitrogens with two attached hydrogens (primary N) is 1. The van der Waals surface area contributed by atoms with Crippen molar-refractivity contribution in [3.8, 4) is 0 Å². The summed E-state index contributed by atoms with van der Waals surface area (Å²) in [5, 5.41) is 3.55. The molecule has 2 unspecified atom stereocenters. The zero-order valence-corrected chi connectivity index (χ0v) is 13.9. The molecule has 0 aliphatic heterocycles. The van der Waals surface area contributed by atoms with Gasteiger partial charge in [0.15, 0.2) is 11.6 Å². The standard InChI is InChI=1S/C20H24F2N2/c1-13(14-5-3-2-4-6-14)24-12-17(15-7-8-15)20(23)16-9-10-18(21)19(22)11-16/h2-6,9-11,13,15,17,20,24H,7-8,12,23H2,1H3/t13-,17?,20?/m1/s1. The Bertz CT molecular complexity index is 671. The molecular formula is C20H24F2N2. The molecule has 2 aromatic carbocycles. The summed E-state index contributed by atoms with van der Waals surface area (Å²) in [5.74, 6) is -0.877.